The lowest BCUT2D eigenvalue weighted by atomic mass is 10.0. The maximum Gasteiger partial charge on any atom is 0.0406 e. The van der Waals surface area contributed by atoms with Gasteiger partial charge in [-0.15, -0.1) is 0 Å². The molecule has 0 amide bonds. The van der Waals surface area contributed by atoms with E-state index in [2.05, 4.69) is 38.2 Å². The molecule has 0 saturated heterocycles. The molecule has 0 saturated carbocycles. The highest BCUT2D eigenvalue weighted by Crippen LogP contribution is 2.10. The number of benzene rings is 1. The Labute approximate surface area is 104 Å². The average Bonchev–Trinajstić information content (AvgIpc) is 2.25. The molecule has 1 unspecified atom stereocenters. The number of halogens is 1. The Hall–Kier alpha value is -0.530. The first-order valence-electron chi connectivity index (χ1n) is 6.05. The molecular formula is C14H22ClN. The van der Waals surface area contributed by atoms with Crippen molar-refractivity contribution in [3.05, 3.63) is 34.9 Å². The second-order valence-electron chi connectivity index (χ2n) is 4.88. The summed E-state index contributed by atoms with van der Waals surface area (Å²) in [6.45, 7) is 7.71. The quantitative estimate of drug-likeness (QED) is 0.783. The van der Waals surface area contributed by atoms with Crippen LogP contribution in [0, 0.1) is 5.92 Å². The Morgan fingerprint density at radius 3 is 2.25 bits per heavy atom. The minimum atomic E-state index is 0.582. The van der Waals surface area contributed by atoms with Gasteiger partial charge in [0.05, 0.1) is 0 Å². The highest BCUT2D eigenvalue weighted by atomic mass is 35.5. The van der Waals surface area contributed by atoms with Crippen molar-refractivity contribution in [2.45, 2.75) is 46.2 Å². The zero-order valence-corrected chi connectivity index (χ0v) is 11.2. The van der Waals surface area contributed by atoms with E-state index in [9.17, 15) is 0 Å². The maximum absolute atomic E-state index is 5.84. The molecule has 2 heteroatoms. The van der Waals surface area contributed by atoms with Crippen LogP contribution in [0.1, 0.15) is 39.2 Å². The van der Waals surface area contributed by atoms with E-state index < -0.39 is 0 Å². The molecule has 1 aromatic carbocycles. The molecule has 0 fully saturated rings. The van der Waals surface area contributed by atoms with Crippen LogP contribution in [0.4, 0.5) is 0 Å². The predicted octanol–water partition coefficient (Wildman–Crippen LogP) is 4.25. The third-order valence-electron chi connectivity index (χ3n) is 2.74. The largest absolute Gasteiger partial charge is 0.310 e. The van der Waals surface area contributed by atoms with Crippen LogP contribution in [0.25, 0.3) is 0 Å². The Kier molecular flexibility index (Phi) is 5.86. The highest BCUT2D eigenvalue weighted by molar-refractivity contribution is 6.30. The topological polar surface area (TPSA) is 12.0 Å². The van der Waals surface area contributed by atoms with Crippen molar-refractivity contribution in [2.24, 2.45) is 5.92 Å². The lowest BCUT2D eigenvalue weighted by molar-refractivity contribution is 0.451. The van der Waals surface area contributed by atoms with Crippen LogP contribution in [0.5, 0.6) is 0 Å². The standard InChI is InChI=1S/C14H22ClN/c1-11(2)4-5-12(3)16-10-13-6-8-14(15)9-7-13/h6-9,11-12,16H,4-5,10H2,1-3H3. The van der Waals surface area contributed by atoms with E-state index in [4.69, 9.17) is 11.6 Å². The van der Waals surface area contributed by atoms with E-state index in [1.807, 2.05) is 12.1 Å². The molecule has 0 aliphatic rings. The van der Waals surface area contributed by atoms with Gasteiger partial charge in [-0.05, 0) is 43.4 Å². The van der Waals surface area contributed by atoms with E-state index >= 15 is 0 Å². The Balaban J connectivity index is 2.26. The van der Waals surface area contributed by atoms with Crippen molar-refractivity contribution < 1.29 is 0 Å². The van der Waals surface area contributed by atoms with Crippen LogP contribution < -0.4 is 5.32 Å². The normalized spacial score (nSPS) is 13.1. The van der Waals surface area contributed by atoms with Gasteiger partial charge in [-0.25, -0.2) is 0 Å². The van der Waals surface area contributed by atoms with Gasteiger partial charge in [-0.3, -0.25) is 0 Å². The molecule has 16 heavy (non-hydrogen) atoms. The van der Waals surface area contributed by atoms with Crippen LogP contribution in [0.2, 0.25) is 5.02 Å². The summed E-state index contributed by atoms with van der Waals surface area (Å²) in [5.41, 5.74) is 1.29. The minimum Gasteiger partial charge on any atom is -0.310 e. The summed E-state index contributed by atoms with van der Waals surface area (Å²) >= 11 is 5.84. The van der Waals surface area contributed by atoms with Gasteiger partial charge in [0.25, 0.3) is 0 Å². The Morgan fingerprint density at radius 1 is 1.06 bits per heavy atom. The van der Waals surface area contributed by atoms with Gasteiger partial charge >= 0.3 is 0 Å². The minimum absolute atomic E-state index is 0.582. The smallest absolute Gasteiger partial charge is 0.0406 e. The van der Waals surface area contributed by atoms with Crippen molar-refractivity contribution >= 4 is 11.6 Å². The van der Waals surface area contributed by atoms with Crippen molar-refractivity contribution in [3.63, 3.8) is 0 Å². The first-order chi connectivity index (χ1) is 7.58. The molecule has 1 N–H and O–H groups in total. The van der Waals surface area contributed by atoms with Crippen molar-refractivity contribution in [3.8, 4) is 0 Å². The zero-order valence-electron chi connectivity index (χ0n) is 10.5. The highest BCUT2D eigenvalue weighted by Gasteiger charge is 2.03. The molecule has 0 aliphatic carbocycles. The molecule has 1 atom stereocenters. The fraction of sp³-hybridized carbons (Fsp3) is 0.571. The van der Waals surface area contributed by atoms with Crippen LogP contribution in [0.15, 0.2) is 24.3 Å². The van der Waals surface area contributed by atoms with E-state index in [-0.39, 0.29) is 0 Å². The van der Waals surface area contributed by atoms with Crippen LogP contribution in [-0.4, -0.2) is 6.04 Å². The fourth-order valence-corrected chi connectivity index (χ4v) is 1.71. The number of hydrogen-bond donors (Lipinski definition) is 1. The molecule has 0 aliphatic heterocycles. The summed E-state index contributed by atoms with van der Waals surface area (Å²) in [4.78, 5) is 0. The molecule has 1 nitrogen and oxygen atoms in total. The molecule has 0 spiro atoms. The first-order valence-corrected chi connectivity index (χ1v) is 6.43. The van der Waals surface area contributed by atoms with Crippen LogP contribution in [0.3, 0.4) is 0 Å². The molecular weight excluding hydrogens is 218 g/mol. The molecule has 0 aromatic heterocycles. The average molecular weight is 240 g/mol. The van der Waals surface area contributed by atoms with Gasteiger partial charge < -0.3 is 5.32 Å². The summed E-state index contributed by atoms with van der Waals surface area (Å²) in [6.07, 6.45) is 2.53. The number of hydrogen-bond acceptors (Lipinski definition) is 1. The third-order valence-corrected chi connectivity index (χ3v) is 3.00. The summed E-state index contributed by atoms with van der Waals surface area (Å²) < 4.78 is 0. The van der Waals surface area contributed by atoms with Gasteiger partial charge in [0.2, 0.25) is 0 Å². The van der Waals surface area contributed by atoms with Crippen molar-refractivity contribution in [1.29, 1.82) is 0 Å². The number of rotatable bonds is 6. The van der Waals surface area contributed by atoms with Gasteiger partial charge in [0.1, 0.15) is 0 Å². The monoisotopic (exact) mass is 239 g/mol. The third kappa shape index (κ3) is 5.53. The summed E-state index contributed by atoms with van der Waals surface area (Å²) in [5, 5.41) is 4.33. The van der Waals surface area contributed by atoms with Crippen molar-refractivity contribution in [2.75, 3.05) is 0 Å². The van der Waals surface area contributed by atoms with Gasteiger partial charge in [-0.2, -0.15) is 0 Å². The van der Waals surface area contributed by atoms with Gasteiger partial charge in [0, 0.05) is 17.6 Å². The summed E-state index contributed by atoms with van der Waals surface area (Å²) in [7, 11) is 0. The van der Waals surface area contributed by atoms with E-state index in [1.165, 1.54) is 18.4 Å². The van der Waals surface area contributed by atoms with E-state index in [1.54, 1.807) is 0 Å². The zero-order chi connectivity index (χ0) is 12.0. The van der Waals surface area contributed by atoms with E-state index in [0.717, 1.165) is 17.5 Å². The molecule has 1 aromatic rings. The van der Waals surface area contributed by atoms with Gasteiger partial charge in [-0.1, -0.05) is 37.6 Å². The fourth-order valence-electron chi connectivity index (χ4n) is 1.58. The molecule has 0 heterocycles. The lowest BCUT2D eigenvalue weighted by Crippen LogP contribution is -2.25. The summed E-state index contributed by atoms with van der Waals surface area (Å²) in [6, 6.07) is 8.61. The Bertz CT molecular complexity index is 292. The van der Waals surface area contributed by atoms with E-state index in [0.29, 0.717) is 6.04 Å². The van der Waals surface area contributed by atoms with Crippen LogP contribution >= 0.6 is 11.6 Å². The second-order valence-corrected chi connectivity index (χ2v) is 5.32. The van der Waals surface area contributed by atoms with Gasteiger partial charge in [0.15, 0.2) is 0 Å². The summed E-state index contributed by atoms with van der Waals surface area (Å²) in [5.74, 6) is 0.791. The Morgan fingerprint density at radius 2 is 1.69 bits per heavy atom. The van der Waals surface area contributed by atoms with Crippen LogP contribution in [-0.2, 0) is 6.54 Å². The maximum atomic E-state index is 5.84. The molecule has 90 valence electrons. The lowest BCUT2D eigenvalue weighted by Gasteiger charge is -2.15. The first kappa shape index (κ1) is 13.5. The molecule has 1 rings (SSSR count). The van der Waals surface area contributed by atoms with Crippen molar-refractivity contribution in [1.82, 2.24) is 5.32 Å². The predicted molar refractivity (Wildman–Crippen MR) is 71.8 cm³/mol. The molecule has 0 bridgehead atoms. The number of nitrogens with one attached hydrogen (secondary N) is 1. The SMILES string of the molecule is CC(C)CCC(C)NCc1ccc(Cl)cc1. The molecule has 0 radical (unpaired) electrons. The second kappa shape index (κ2) is 6.93.